The zero-order chi connectivity index (χ0) is 14.1. The number of hydrogen-bond acceptors (Lipinski definition) is 2. The van der Waals surface area contributed by atoms with Crippen LogP contribution in [-0.2, 0) is 24.2 Å². The Morgan fingerprint density at radius 1 is 0.905 bits per heavy atom. The molecule has 0 amide bonds. The zero-order valence-corrected chi connectivity index (χ0v) is 12.3. The SMILES string of the molecule is c1ccc2c(c1)COCC2Nc1cccc2c1CCCC2. The van der Waals surface area contributed by atoms with Gasteiger partial charge >= 0.3 is 0 Å². The Morgan fingerprint density at radius 2 is 1.76 bits per heavy atom. The number of hydrogen-bond donors (Lipinski definition) is 1. The number of anilines is 1. The molecule has 1 N–H and O–H groups in total. The van der Waals surface area contributed by atoms with Gasteiger partial charge in [0, 0.05) is 5.69 Å². The molecule has 4 rings (SSSR count). The summed E-state index contributed by atoms with van der Waals surface area (Å²) in [4.78, 5) is 0. The van der Waals surface area contributed by atoms with E-state index < -0.39 is 0 Å². The molecular formula is C19H21NO. The highest BCUT2D eigenvalue weighted by Gasteiger charge is 2.22. The predicted octanol–water partition coefficient (Wildman–Crippen LogP) is 4.25. The van der Waals surface area contributed by atoms with Gasteiger partial charge in [-0.05, 0) is 54.0 Å². The normalized spacial score (nSPS) is 20.5. The summed E-state index contributed by atoms with van der Waals surface area (Å²) >= 11 is 0. The first-order valence-corrected chi connectivity index (χ1v) is 7.94. The fraction of sp³-hybridized carbons (Fsp3) is 0.368. The van der Waals surface area contributed by atoms with Gasteiger partial charge in [0.25, 0.3) is 0 Å². The zero-order valence-electron chi connectivity index (χ0n) is 12.3. The second-order valence-electron chi connectivity index (χ2n) is 6.06. The third-order valence-electron chi connectivity index (χ3n) is 4.70. The number of aryl methyl sites for hydroxylation is 1. The molecule has 0 radical (unpaired) electrons. The Labute approximate surface area is 126 Å². The minimum Gasteiger partial charge on any atom is -0.376 e. The Kier molecular flexibility index (Phi) is 3.40. The fourth-order valence-electron chi connectivity index (χ4n) is 3.61. The van der Waals surface area contributed by atoms with Crippen molar-refractivity contribution in [2.24, 2.45) is 0 Å². The van der Waals surface area contributed by atoms with Crippen LogP contribution < -0.4 is 5.32 Å². The Hall–Kier alpha value is -1.80. The second-order valence-corrected chi connectivity index (χ2v) is 6.06. The maximum Gasteiger partial charge on any atom is 0.0751 e. The molecule has 0 saturated carbocycles. The van der Waals surface area contributed by atoms with E-state index in [1.165, 1.54) is 53.6 Å². The molecule has 1 aliphatic heterocycles. The average Bonchev–Trinajstić information content (AvgIpc) is 2.56. The molecule has 2 aliphatic rings. The van der Waals surface area contributed by atoms with E-state index in [1.54, 1.807) is 0 Å². The average molecular weight is 279 g/mol. The van der Waals surface area contributed by atoms with Crippen LogP contribution in [0.2, 0.25) is 0 Å². The summed E-state index contributed by atoms with van der Waals surface area (Å²) in [6.07, 6.45) is 5.06. The van der Waals surface area contributed by atoms with Crippen molar-refractivity contribution in [3.8, 4) is 0 Å². The summed E-state index contributed by atoms with van der Waals surface area (Å²) in [5, 5.41) is 3.74. The minimum atomic E-state index is 0.267. The minimum absolute atomic E-state index is 0.267. The van der Waals surface area contributed by atoms with Crippen molar-refractivity contribution in [3.05, 3.63) is 64.7 Å². The third kappa shape index (κ3) is 2.44. The van der Waals surface area contributed by atoms with Crippen molar-refractivity contribution in [1.29, 1.82) is 0 Å². The van der Waals surface area contributed by atoms with Crippen molar-refractivity contribution < 1.29 is 4.74 Å². The molecule has 2 aromatic carbocycles. The summed E-state index contributed by atoms with van der Waals surface area (Å²) < 4.78 is 5.76. The number of rotatable bonds is 2. The second kappa shape index (κ2) is 5.53. The van der Waals surface area contributed by atoms with Crippen LogP contribution in [0.1, 0.15) is 41.1 Å². The molecule has 0 fully saturated rings. The topological polar surface area (TPSA) is 21.3 Å². The van der Waals surface area contributed by atoms with E-state index in [4.69, 9.17) is 4.74 Å². The molecule has 1 aliphatic carbocycles. The standard InChI is InChI=1S/C19H21NO/c1-3-9-16-14(6-1)8-5-11-18(16)20-19-13-21-12-15-7-2-4-10-17(15)19/h2,4-5,7-8,10-11,19-20H,1,3,6,9,12-13H2. The van der Waals surface area contributed by atoms with Gasteiger partial charge in [0.2, 0.25) is 0 Å². The molecule has 0 spiro atoms. The maximum atomic E-state index is 5.76. The van der Waals surface area contributed by atoms with Gasteiger partial charge in [0.05, 0.1) is 19.3 Å². The molecule has 1 unspecified atom stereocenters. The molecule has 0 saturated heterocycles. The van der Waals surface area contributed by atoms with Crippen LogP contribution in [0.4, 0.5) is 5.69 Å². The van der Waals surface area contributed by atoms with E-state index >= 15 is 0 Å². The largest absolute Gasteiger partial charge is 0.376 e. The molecule has 108 valence electrons. The predicted molar refractivity (Wildman–Crippen MR) is 85.5 cm³/mol. The van der Waals surface area contributed by atoms with Crippen molar-refractivity contribution in [2.45, 2.75) is 38.3 Å². The van der Waals surface area contributed by atoms with Crippen LogP contribution in [0.3, 0.4) is 0 Å². The van der Waals surface area contributed by atoms with Gasteiger partial charge in [-0.1, -0.05) is 36.4 Å². The number of fused-ring (bicyclic) bond motifs is 2. The summed E-state index contributed by atoms with van der Waals surface area (Å²) in [5.41, 5.74) is 7.05. The first kappa shape index (κ1) is 12.9. The molecule has 1 heterocycles. The first-order chi connectivity index (χ1) is 10.4. The van der Waals surface area contributed by atoms with E-state index in [1.807, 2.05) is 0 Å². The Balaban J connectivity index is 1.66. The smallest absolute Gasteiger partial charge is 0.0751 e. The van der Waals surface area contributed by atoms with Crippen LogP contribution in [0.25, 0.3) is 0 Å². The molecule has 0 aromatic heterocycles. The number of benzene rings is 2. The summed E-state index contributed by atoms with van der Waals surface area (Å²) in [6.45, 7) is 1.49. The van der Waals surface area contributed by atoms with Crippen molar-refractivity contribution in [3.63, 3.8) is 0 Å². The van der Waals surface area contributed by atoms with Gasteiger partial charge in [-0.25, -0.2) is 0 Å². The van der Waals surface area contributed by atoms with E-state index in [0.717, 1.165) is 13.2 Å². The maximum absolute atomic E-state index is 5.76. The van der Waals surface area contributed by atoms with E-state index in [-0.39, 0.29) is 6.04 Å². The van der Waals surface area contributed by atoms with Crippen molar-refractivity contribution in [1.82, 2.24) is 0 Å². The molecular weight excluding hydrogens is 258 g/mol. The molecule has 2 nitrogen and oxygen atoms in total. The Bertz CT molecular complexity index is 650. The van der Waals surface area contributed by atoms with Crippen LogP contribution in [-0.4, -0.2) is 6.61 Å². The highest BCUT2D eigenvalue weighted by atomic mass is 16.5. The third-order valence-corrected chi connectivity index (χ3v) is 4.70. The fourth-order valence-corrected chi connectivity index (χ4v) is 3.61. The lowest BCUT2D eigenvalue weighted by Crippen LogP contribution is -2.24. The molecule has 21 heavy (non-hydrogen) atoms. The van der Waals surface area contributed by atoms with Gasteiger partial charge in [0.15, 0.2) is 0 Å². The van der Waals surface area contributed by atoms with Gasteiger partial charge in [-0.3, -0.25) is 0 Å². The van der Waals surface area contributed by atoms with Gasteiger partial charge in [0.1, 0.15) is 0 Å². The lowest BCUT2D eigenvalue weighted by atomic mass is 9.90. The molecule has 2 heteroatoms. The summed E-state index contributed by atoms with van der Waals surface area (Å²) in [6, 6.07) is 15.6. The van der Waals surface area contributed by atoms with Crippen molar-refractivity contribution >= 4 is 5.69 Å². The van der Waals surface area contributed by atoms with Gasteiger partial charge in [-0.15, -0.1) is 0 Å². The lowest BCUT2D eigenvalue weighted by Gasteiger charge is -2.29. The number of nitrogens with one attached hydrogen (secondary N) is 1. The van der Waals surface area contributed by atoms with Crippen molar-refractivity contribution in [2.75, 3.05) is 11.9 Å². The molecule has 2 aromatic rings. The lowest BCUT2D eigenvalue weighted by molar-refractivity contribution is 0.0970. The van der Waals surface area contributed by atoms with Crippen LogP contribution in [0.5, 0.6) is 0 Å². The summed E-state index contributed by atoms with van der Waals surface area (Å²) in [7, 11) is 0. The van der Waals surface area contributed by atoms with Gasteiger partial charge < -0.3 is 10.1 Å². The van der Waals surface area contributed by atoms with E-state index in [9.17, 15) is 0 Å². The number of ether oxygens (including phenoxy) is 1. The van der Waals surface area contributed by atoms with Crippen LogP contribution >= 0.6 is 0 Å². The monoisotopic (exact) mass is 279 g/mol. The highest BCUT2D eigenvalue weighted by Crippen LogP contribution is 2.32. The summed E-state index contributed by atoms with van der Waals surface area (Å²) in [5.74, 6) is 0. The quantitative estimate of drug-likeness (QED) is 0.887. The first-order valence-electron chi connectivity index (χ1n) is 7.94. The molecule has 1 atom stereocenters. The van der Waals surface area contributed by atoms with Gasteiger partial charge in [-0.2, -0.15) is 0 Å². The van der Waals surface area contributed by atoms with E-state index in [2.05, 4.69) is 47.8 Å². The molecule has 0 bridgehead atoms. The van der Waals surface area contributed by atoms with Crippen LogP contribution in [0, 0.1) is 0 Å². The Morgan fingerprint density at radius 3 is 2.76 bits per heavy atom. The van der Waals surface area contributed by atoms with E-state index in [0.29, 0.717) is 0 Å². The highest BCUT2D eigenvalue weighted by molar-refractivity contribution is 5.57. The van der Waals surface area contributed by atoms with Crippen LogP contribution in [0.15, 0.2) is 42.5 Å².